The number of rotatable bonds is 7. The van der Waals surface area contributed by atoms with Gasteiger partial charge < -0.3 is 5.11 Å². The summed E-state index contributed by atoms with van der Waals surface area (Å²) in [5, 5.41) is 8.90. The number of allylic oxidation sites excluding steroid dienone is 1. The normalized spacial score (nSPS) is 11.8. The van der Waals surface area contributed by atoms with Crippen molar-refractivity contribution in [2.45, 2.75) is 24.3 Å². The van der Waals surface area contributed by atoms with E-state index in [2.05, 4.69) is 6.58 Å². The van der Waals surface area contributed by atoms with Gasteiger partial charge in [-0.3, -0.25) is 0 Å². The van der Waals surface area contributed by atoms with Crippen LogP contribution in [0.2, 0.25) is 0 Å². The van der Waals surface area contributed by atoms with Crippen molar-refractivity contribution in [3.05, 3.63) is 42.0 Å². The Labute approximate surface area is 117 Å². The zero-order valence-corrected chi connectivity index (χ0v) is 12.0. The molecule has 0 aliphatic rings. The van der Waals surface area contributed by atoms with E-state index in [4.69, 9.17) is 5.11 Å². The summed E-state index contributed by atoms with van der Waals surface area (Å²) < 4.78 is 52.6. The average Bonchev–Trinajstić information content (AvgIpc) is 2.39. The lowest BCUT2D eigenvalue weighted by Gasteiger charge is -2.18. The molecule has 7 heteroatoms. The van der Waals surface area contributed by atoms with Crippen molar-refractivity contribution in [2.24, 2.45) is 0 Å². The van der Waals surface area contributed by atoms with Gasteiger partial charge in [0.1, 0.15) is 10.7 Å². The van der Waals surface area contributed by atoms with Crippen molar-refractivity contribution < 1.29 is 22.3 Å². The summed E-state index contributed by atoms with van der Waals surface area (Å²) in [5.41, 5.74) is -0.648. The zero-order chi connectivity index (χ0) is 15.3. The van der Waals surface area contributed by atoms with Crippen LogP contribution in [0.25, 0.3) is 0 Å². The number of nitrogens with zero attached hydrogens (tertiary/aromatic N) is 1. The van der Waals surface area contributed by atoms with E-state index in [1.54, 1.807) is 6.08 Å². The fourth-order valence-corrected chi connectivity index (χ4v) is 2.96. The molecule has 0 spiro atoms. The molecule has 0 aliphatic carbocycles. The van der Waals surface area contributed by atoms with Crippen molar-refractivity contribution >= 4 is 10.0 Å². The maximum atomic E-state index is 14.0. The minimum absolute atomic E-state index is 0.194. The summed E-state index contributed by atoms with van der Waals surface area (Å²) in [4.78, 5) is -0.635. The highest BCUT2D eigenvalue weighted by atomic mass is 32.2. The molecule has 0 amide bonds. The standard InChI is InChI=1S/C13H17F2NO3S/c1-3-4-5-8-16(2)20(18,19)12-7-6-11(14)10(9-17)13(12)15/h3,6-7,17H,1,4-5,8-9H2,2H3. The van der Waals surface area contributed by atoms with Gasteiger partial charge in [-0.25, -0.2) is 21.5 Å². The van der Waals surface area contributed by atoms with Gasteiger partial charge in [0.15, 0.2) is 5.82 Å². The zero-order valence-electron chi connectivity index (χ0n) is 11.1. The molecule has 0 fully saturated rings. The first-order valence-electron chi connectivity index (χ1n) is 6.01. The number of aliphatic hydroxyl groups is 1. The molecule has 0 unspecified atom stereocenters. The molecule has 4 nitrogen and oxygen atoms in total. The second kappa shape index (κ2) is 6.92. The molecule has 0 heterocycles. The molecular weight excluding hydrogens is 288 g/mol. The van der Waals surface area contributed by atoms with Crippen LogP contribution in [0.4, 0.5) is 8.78 Å². The quantitative estimate of drug-likeness (QED) is 0.619. The number of benzene rings is 1. The second-order valence-electron chi connectivity index (χ2n) is 4.25. The number of sulfonamides is 1. The van der Waals surface area contributed by atoms with E-state index in [9.17, 15) is 17.2 Å². The SMILES string of the molecule is C=CCCCN(C)S(=O)(=O)c1ccc(F)c(CO)c1F. The van der Waals surface area contributed by atoms with Gasteiger partial charge in [0, 0.05) is 13.6 Å². The van der Waals surface area contributed by atoms with Crippen LogP contribution < -0.4 is 0 Å². The van der Waals surface area contributed by atoms with Crippen molar-refractivity contribution in [3.63, 3.8) is 0 Å². The molecular formula is C13H17F2NO3S. The van der Waals surface area contributed by atoms with E-state index in [0.29, 0.717) is 12.8 Å². The third kappa shape index (κ3) is 3.41. The van der Waals surface area contributed by atoms with Crippen LogP contribution in [0.3, 0.4) is 0 Å². The molecule has 1 N–H and O–H groups in total. The molecule has 0 aliphatic heterocycles. The predicted molar refractivity (Wildman–Crippen MR) is 71.5 cm³/mol. The minimum atomic E-state index is -4.05. The number of hydrogen-bond acceptors (Lipinski definition) is 3. The van der Waals surface area contributed by atoms with Crippen LogP contribution in [0, 0.1) is 11.6 Å². The van der Waals surface area contributed by atoms with Crippen LogP contribution in [0.15, 0.2) is 29.7 Å². The Morgan fingerprint density at radius 3 is 2.60 bits per heavy atom. The van der Waals surface area contributed by atoms with E-state index in [1.165, 1.54) is 7.05 Å². The number of hydrogen-bond donors (Lipinski definition) is 1. The fourth-order valence-electron chi connectivity index (χ4n) is 1.67. The summed E-state index contributed by atoms with van der Waals surface area (Å²) in [6.45, 7) is 2.82. The summed E-state index contributed by atoms with van der Waals surface area (Å²) >= 11 is 0. The van der Waals surface area contributed by atoms with E-state index in [-0.39, 0.29) is 6.54 Å². The lowest BCUT2D eigenvalue weighted by molar-refractivity contribution is 0.267. The third-order valence-corrected chi connectivity index (χ3v) is 4.75. The van der Waals surface area contributed by atoms with E-state index in [1.807, 2.05) is 0 Å². The molecule has 1 rings (SSSR count). The van der Waals surface area contributed by atoms with Gasteiger partial charge in [-0.1, -0.05) is 6.08 Å². The Morgan fingerprint density at radius 2 is 2.05 bits per heavy atom. The lowest BCUT2D eigenvalue weighted by atomic mass is 10.2. The first-order valence-corrected chi connectivity index (χ1v) is 7.45. The Bertz CT molecular complexity index is 588. The summed E-state index contributed by atoms with van der Waals surface area (Å²) in [6, 6.07) is 1.70. The number of halogens is 2. The van der Waals surface area contributed by atoms with Gasteiger partial charge >= 0.3 is 0 Å². The molecule has 20 heavy (non-hydrogen) atoms. The molecule has 112 valence electrons. The van der Waals surface area contributed by atoms with Gasteiger partial charge in [-0.2, -0.15) is 0 Å². The average molecular weight is 305 g/mol. The maximum absolute atomic E-state index is 14.0. The van der Waals surface area contributed by atoms with Crippen molar-refractivity contribution in [2.75, 3.05) is 13.6 Å². The highest BCUT2D eigenvalue weighted by Crippen LogP contribution is 2.23. The Kier molecular flexibility index (Phi) is 5.79. The van der Waals surface area contributed by atoms with Crippen molar-refractivity contribution in [3.8, 4) is 0 Å². The van der Waals surface area contributed by atoms with Crippen LogP contribution in [0.1, 0.15) is 18.4 Å². The van der Waals surface area contributed by atoms with E-state index in [0.717, 1.165) is 16.4 Å². The molecule has 0 aromatic heterocycles. The smallest absolute Gasteiger partial charge is 0.245 e. The van der Waals surface area contributed by atoms with Crippen molar-refractivity contribution in [1.82, 2.24) is 4.31 Å². The molecule has 1 aromatic rings. The van der Waals surface area contributed by atoms with E-state index >= 15 is 0 Å². The minimum Gasteiger partial charge on any atom is -0.391 e. The maximum Gasteiger partial charge on any atom is 0.245 e. The molecule has 0 saturated heterocycles. The Hall–Kier alpha value is -1.31. The predicted octanol–water partition coefficient (Wildman–Crippen LogP) is 2.04. The molecule has 0 saturated carbocycles. The fraction of sp³-hybridized carbons (Fsp3) is 0.385. The van der Waals surface area contributed by atoms with Crippen LogP contribution in [0.5, 0.6) is 0 Å². The number of aliphatic hydroxyl groups excluding tert-OH is 1. The van der Waals surface area contributed by atoms with Crippen molar-refractivity contribution in [1.29, 1.82) is 0 Å². The van der Waals surface area contributed by atoms with E-state index < -0.39 is 38.7 Å². The Balaban J connectivity index is 3.12. The lowest BCUT2D eigenvalue weighted by Crippen LogP contribution is -2.29. The first-order chi connectivity index (χ1) is 9.36. The number of unbranched alkanes of at least 4 members (excludes halogenated alkanes) is 1. The second-order valence-corrected chi connectivity index (χ2v) is 6.27. The molecule has 0 atom stereocenters. The van der Waals surface area contributed by atoms with Gasteiger partial charge in [0.25, 0.3) is 0 Å². The van der Waals surface area contributed by atoms with Gasteiger partial charge in [0.2, 0.25) is 10.0 Å². The third-order valence-electron chi connectivity index (χ3n) is 2.88. The van der Waals surface area contributed by atoms with Gasteiger partial charge in [-0.05, 0) is 25.0 Å². The molecule has 0 radical (unpaired) electrons. The highest BCUT2D eigenvalue weighted by molar-refractivity contribution is 7.89. The van der Waals surface area contributed by atoms with Crippen LogP contribution >= 0.6 is 0 Å². The summed E-state index contributed by atoms with van der Waals surface area (Å²) in [6.07, 6.45) is 2.84. The van der Waals surface area contributed by atoms with Gasteiger partial charge in [0.05, 0.1) is 12.2 Å². The largest absolute Gasteiger partial charge is 0.391 e. The summed E-state index contributed by atoms with van der Waals surface area (Å²) in [5.74, 6) is -2.22. The Morgan fingerprint density at radius 1 is 1.40 bits per heavy atom. The highest BCUT2D eigenvalue weighted by Gasteiger charge is 2.26. The monoisotopic (exact) mass is 305 g/mol. The topological polar surface area (TPSA) is 57.6 Å². The molecule has 1 aromatic carbocycles. The molecule has 0 bridgehead atoms. The van der Waals surface area contributed by atoms with Crippen LogP contribution in [-0.4, -0.2) is 31.4 Å². The van der Waals surface area contributed by atoms with Gasteiger partial charge in [-0.15, -0.1) is 6.58 Å². The first kappa shape index (κ1) is 16.7. The van der Waals surface area contributed by atoms with Crippen LogP contribution in [-0.2, 0) is 16.6 Å². The summed E-state index contributed by atoms with van der Waals surface area (Å²) in [7, 11) is -2.73.